The molecule has 290 valence electrons. The van der Waals surface area contributed by atoms with Crippen LogP contribution in [0.15, 0.2) is 84.9 Å². The first-order chi connectivity index (χ1) is 28.0. The minimum atomic E-state index is -0.311. The highest BCUT2D eigenvalue weighted by molar-refractivity contribution is 5.91. The molecule has 0 bridgehead atoms. The summed E-state index contributed by atoms with van der Waals surface area (Å²) in [5, 5.41) is 28.9. The number of aliphatic hydroxyl groups excluding tert-OH is 1. The van der Waals surface area contributed by atoms with E-state index < -0.39 is 0 Å². The number of nitrogens with zero attached hydrogens (tertiary/aromatic N) is 4. The molecule has 2 heterocycles. The molecule has 4 aromatic carbocycles. The largest absolute Gasteiger partial charge is 0.392 e. The molecular formula is C50H44F2N4O2. The van der Waals surface area contributed by atoms with Gasteiger partial charge in [0, 0.05) is 41.1 Å². The Morgan fingerprint density at radius 2 is 1.09 bits per heavy atom. The van der Waals surface area contributed by atoms with E-state index in [4.69, 9.17) is 9.97 Å². The van der Waals surface area contributed by atoms with Crippen LogP contribution in [0.3, 0.4) is 0 Å². The van der Waals surface area contributed by atoms with Crippen molar-refractivity contribution in [2.24, 2.45) is 0 Å². The molecule has 0 unspecified atom stereocenters. The second-order valence-electron chi connectivity index (χ2n) is 15.6. The van der Waals surface area contributed by atoms with E-state index in [0.717, 1.165) is 105 Å². The number of carbonyl (C=O) groups is 1. The average Bonchev–Trinajstić information content (AvgIpc) is 3.54. The second-order valence-corrected chi connectivity index (χ2v) is 15.6. The molecular weight excluding hydrogens is 727 g/mol. The minimum Gasteiger partial charge on any atom is -0.392 e. The van der Waals surface area contributed by atoms with Gasteiger partial charge < -0.3 is 5.11 Å². The number of aromatic nitrogens is 2. The van der Waals surface area contributed by atoms with Crippen LogP contribution in [0.1, 0.15) is 123 Å². The van der Waals surface area contributed by atoms with Crippen LogP contribution >= 0.6 is 0 Å². The number of carbonyl (C=O) groups excluding carboxylic acids is 1. The third-order valence-corrected chi connectivity index (χ3v) is 11.3. The molecule has 6 aromatic rings. The molecule has 8 heteroatoms. The average molecular weight is 771 g/mol. The van der Waals surface area contributed by atoms with Crippen LogP contribution in [0.5, 0.6) is 0 Å². The molecule has 6 nitrogen and oxygen atoms in total. The highest BCUT2D eigenvalue weighted by Gasteiger charge is 2.27. The van der Waals surface area contributed by atoms with E-state index in [1.807, 2.05) is 50.2 Å². The molecule has 0 saturated carbocycles. The summed E-state index contributed by atoms with van der Waals surface area (Å²) in [5.74, 6) is -0.338. The fourth-order valence-electron chi connectivity index (χ4n) is 8.44. The van der Waals surface area contributed by atoms with Gasteiger partial charge in [0.1, 0.15) is 11.6 Å². The number of pyridine rings is 2. The summed E-state index contributed by atoms with van der Waals surface area (Å²) >= 11 is 0. The van der Waals surface area contributed by atoms with Crippen molar-refractivity contribution in [3.05, 3.63) is 175 Å². The van der Waals surface area contributed by atoms with Crippen molar-refractivity contribution < 1.29 is 18.7 Å². The first kappa shape index (κ1) is 39.9. The molecule has 0 spiro atoms. The van der Waals surface area contributed by atoms with Crippen LogP contribution in [-0.2, 0) is 45.1 Å². The summed E-state index contributed by atoms with van der Waals surface area (Å²) < 4.78 is 27.1. The minimum absolute atomic E-state index is 0.0931. The van der Waals surface area contributed by atoms with Gasteiger partial charge in [-0.15, -0.1) is 0 Å². The van der Waals surface area contributed by atoms with Gasteiger partial charge in [0.25, 0.3) is 0 Å². The normalized spacial score (nSPS) is 12.7. The summed E-state index contributed by atoms with van der Waals surface area (Å²) in [6, 6.07) is 28.8. The number of fused-ring (bicyclic) bond motifs is 4. The van der Waals surface area contributed by atoms with Crippen LogP contribution in [0, 0.1) is 34.3 Å². The number of rotatable bonds is 6. The number of nitriles is 2. The van der Waals surface area contributed by atoms with Gasteiger partial charge in [0.2, 0.25) is 0 Å². The third kappa shape index (κ3) is 7.94. The van der Waals surface area contributed by atoms with Gasteiger partial charge in [0.15, 0.2) is 6.29 Å². The Labute approximate surface area is 338 Å². The zero-order valence-electron chi connectivity index (χ0n) is 33.2. The number of aldehydes is 1. The molecule has 1 N–H and O–H groups in total. The predicted octanol–water partition coefficient (Wildman–Crippen LogP) is 10.4. The van der Waals surface area contributed by atoms with E-state index >= 15 is 0 Å². The maximum Gasteiger partial charge on any atom is 0.152 e. The molecule has 2 aliphatic rings. The highest BCUT2D eigenvalue weighted by atomic mass is 19.1. The summed E-state index contributed by atoms with van der Waals surface area (Å²) in [6.07, 6.45) is 5.38. The van der Waals surface area contributed by atoms with E-state index in [1.54, 1.807) is 24.3 Å². The molecule has 0 atom stereocenters. The Morgan fingerprint density at radius 1 is 0.638 bits per heavy atom. The maximum atomic E-state index is 13.6. The van der Waals surface area contributed by atoms with E-state index in [1.165, 1.54) is 35.4 Å². The fraction of sp³-hybridized carbons (Fsp3) is 0.260. The monoisotopic (exact) mass is 770 g/mol. The Kier molecular flexibility index (Phi) is 11.7. The van der Waals surface area contributed by atoms with E-state index in [-0.39, 0.29) is 30.1 Å². The lowest BCUT2D eigenvalue weighted by Gasteiger charge is -2.22. The lowest BCUT2D eigenvalue weighted by molar-refractivity contribution is 0.112. The fourth-order valence-corrected chi connectivity index (χ4v) is 8.44. The molecule has 0 saturated heterocycles. The quantitative estimate of drug-likeness (QED) is 0.169. The van der Waals surface area contributed by atoms with Gasteiger partial charge in [-0.3, -0.25) is 14.8 Å². The molecule has 2 aromatic heterocycles. The van der Waals surface area contributed by atoms with E-state index in [9.17, 15) is 29.2 Å². The standard InChI is InChI=1S/C25H23FN2O.C25H21FN2O/c2*1-15(2)25-22(14-29)24(18-5-8-20(26)9-6-18)21-12-19-11-16(13-27)3-4-17(19)7-10-23(21)28-25/h3-6,8-9,11,15,29H,7,10,12,14H2,1-2H3;3-6,8-9,11,14-15H,7,10,12H2,1-2H3. The first-order valence-corrected chi connectivity index (χ1v) is 19.7. The molecule has 0 fully saturated rings. The van der Waals surface area contributed by atoms with Gasteiger partial charge >= 0.3 is 0 Å². The van der Waals surface area contributed by atoms with Crippen molar-refractivity contribution in [2.45, 2.75) is 84.7 Å². The number of aryl methyl sites for hydroxylation is 4. The van der Waals surface area contributed by atoms with Crippen LogP contribution < -0.4 is 0 Å². The molecule has 0 aliphatic heterocycles. The lowest BCUT2D eigenvalue weighted by atomic mass is 9.87. The zero-order chi connectivity index (χ0) is 41.1. The topological polar surface area (TPSA) is 111 Å². The lowest BCUT2D eigenvalue weighted by Crippen LogP contribution is -2.11. The second kappa shape index (κ2) is 17.0. The summed E-state index contributed by atoms with van der Waals surface area (Å²) in [6.45, 7) is 8.09. The first-order valence-electron chi connectivity index (χ1n) is 19.7. The smallest absolute Gasteiger partial charge is 0.152 e. The van der Waals surface area contributed by atoms with Crippen LogP contribution in [-0.4, -0.2) is 21.4 Å². The maximum absolute atomic E-state index is 13.6. The van der Waals surface area contributed by atoms with Crippen molar-refractivity contribution in [3.8, 4) is 34.4 Å². The van der Waals surface area contributed by atoms with Gasteiger partial charge in [-0.1, -0.05) is 64.1 Å². The van der Waals surface area contributed by atoms with Gasteiger partial charge in [-0.25, -0.2) is 8.78 Å². The van der Waals surface area contributed by atoms with Crippen LogP contribution in [0.25, 0.3) is 22.3 Å². The molecule has 8 rings (SSSR count). The molecule has 2 aliphatic carbocycles. The van der Waals surface area contributed by atoms with E-state index in [0.29, 0.717) is 29.5 Å². The predicted molar refractivity (Wildman–Crippen MR) is 221 cm³/mol. The summed E-state index contributed by atoms with van der Waals surface area (Å²) in [4.78, 5) is 22.0. The Bertz CT molecular complexity index is 2620. The molecule has 0 amide bonds. The van der Waals surface area contributed by atoms with Crippen LogP contribution in [0.2, 0.25) is 0 Å². The van der Waals surface area contributed by atoms with Crippen molar-refractivity contribution in [1.82, 2.24) is 9.97 Å². The van der Waals surface area contributed by atoms with E-state index in [2.05, 4.69) is 26.0 Å². The van der Waals surface area contributed by atoms with Crippen molar-refractivity contribution >= 4 is 6.29 Å². The molecule has 0 radical (unpaired) electrons. The number of aliphatic hydroxyl groups is 1. The van der Waals surface area contributed by atoms with Crippen molar-refractivity contribution in [1.29, 1.82) is 10.5 Å². The highest BCUT2D eigenvalue weighted by Crippen LogP contribution is 2.39. The SMILES string of the molecule is CC(C)c1nc2c(c(-c3ccc(F)cc3)c1C=O)Cc1cc(C#N)ccc1CC2.CC(C)c1nc2c(c(-c3ccc(F)cc3)c1CO)Cc1cc(C#N)ccc1CC2. The number of halogens is 2. The Hall–Kier alpha value is -6.35. The van der Waals surface area contributed by atoms with Crippen molar-refractivity contribution in [2.75, 3.05) is 0 Å². The van der Waals surface area contributed by atoms with Gasteiger partial charge in [-0.05, 0) is 142 Å². The third-order valence-electron chi connectivity index (χ3n) is 11.3. The summed E-state index contributed by atoms with van der Waals surface area (Å²) in [7, 11) is 0. The number of hydrogen-bond donors (Lipinski definition) is 1. The van der Waals surface area contributed by atoms with Crippen molar-refractivity contribution in [3.63, 3.8) is 0 Å². The number of hydrogen-bond acceptors (Lipinski definition) is 6. The molecule has 58 heavy (non-hydrogen) atoms. The van der Waals surface area contributed by atoms with Gasteiger partial charge in [0.05, 0.1) is 35.6 Å². The zero-order valence-corrected chi connectivity index (χ0v) is 33.2. The number of benzene rings is 4. The summed E-state index contributed by atoms with van der Waals surface area (Å²) in [5.41, 5.74) is 16.5. The van der Waals surface area contributed by atoms with Crippen LogP contribution in [0.4, 0.5) is 8.78 Å². The Morgan fingerprint density at radius 3 is 1.52 bits per heavy atom. The Balaban J connectivity index is 0.000000177. The van der Waals surface area contributed by atoms with Gasteiger partial charge in [-0.2, -0.15) is 10.5 Å².